The number of hydrogen-bond donors (Lipinski definition) is 1. The van der Waals surface area contributed by atoms with Gasteiger partial charge >= 0.3 is 0 Å². The highest BCUT2D eigenvalue weighted by Crippen LogP contribution is 2.33. The molecule has 1 heterocycles. The molecule has 4 rings (SSSR count). The lowest BCUT2D eigenvalue weighted by molar-refractivity contribution is 0.306. The Labute approximate surface area is 201 Å². The van der Waals surface area contributed by atoms with Crippen LogP contribution in [0.2, 0.25) is 0 Å². The maximum atomic E-state index is 13.4. The molecule has 0 atom stereocenters. The van der Waals surface area contributed by atoms with E-state index in [9.17, 15) is 4.79 Å². The summed E-state index contributed by atoms with van der Waals surface area (Å²) in [5.74, 6) is 1.06. The van der Waals surface area contributed by atoms with Crippen LogP contribution in [0.4, 0.5) is 0 Å². The summed E-state index contributed by atoms with van der Waals surface area (Å²) in [6, 6.07) is 24.2. The summed E-state index contributed by atoms with van der Waals surface area (Å²) in [7, 11) is 0. The van der Waals surface area contributed by atoms with Gasteiger partial charge in [0.2, 0.25) is 0 Å². The summed E-state index contributed by atoms with van der Waals surface area (Å²) in [5, 5.41) is 1.57. The predicted octanol–water partition coefficient (Wildman–Crippen LogP) is 6.09. The Morgan fingerprint density at radius 1 is 0.939 bits per heavy atom. The maximum Gasteiger partial charge on any atom is 0.258 e. The van der Waals surface area contributed by atoms with Gasteiger partial charge in [0.15, 0.2) is 0 Å². The Hall–Kier alpha value is -3.08. The molecule has 0 radical (unpaired) electrons. The maximum absolute atomic E-state index is 13.4. The van der Waals surface area contributed by atoms with Crippen molar-refractivity contribution in [1.82, 2.24) is 4.57 Å². The van der Waals surface area contributed by atoms with Crippen molar-refractivity contribution in [3.63, 3.8) is 0 Å². The second-order valence-electron chi connectivity index (χ2n) is 8.68. The fourth-order valence-electron chi connectivity index (χ4n) is 4.12. The van der Waals surface area contributed by atoms with Gasteiger partial charge in [-0.15, -0.1) is 12.4 Å². The third kappa shape index (κ3) is 5.29. The van der Waals surface area contributed by atoms with Gasteiger partial charge in [0.1, 0.15) is 12.4 Å². The first-order chi connectivity index (χ1) is 15.5. The number of pyridine rings is 1. The van der Waals surface area contributed by atoms with Crippen molar-refractivity contribution in [3.05, 3.63) is 100.0 Å². The molecule has 3 aromatic carbocycles. The molecule has 0 bridgehead atoms. The molecular weight excluding hydrogens is 432 g/mol. The number of fused-ring (bicyclic) bond motifs is 1. The molecular formula is C28H31ClN2O2. The van der Waals surface area contributed by atoms with E-state index in [2.05, 4.69) is 45.0 Å². The SMILES string of the molecule is Cc1ccc(-c2c(CN)n(CC(C)C)c(=O)c3ccc(OCc4ccccc4)cc23)cc1.Cl. The van der Waals surface area contributed by atoms with Crippen LogP contribution in [0.5, 0.6) is 5.75 Å². The third-order valence-corrected chi connectivity index (χ3v) is 5.68. The van der Waals surface area contributed by atoms with Crippen LogP contribution in [-0.2, 0) is 19.7 Å². The third-order valence-electron chi connectivity index (χ3n) is 5.68. The molecule has 4 aromatic rings. The number of benzene rings is 3. The summed E-state index contributed by atoms with van der Waals surface area (Å²) >= 11 is 0. The van der Waals surface area contributed by atoms with E-state index in [1.165, 1.54) is 5.56 Å². The standard InChI is InChI=1S/C28H30N2O2.ClH/c1-19(2)17-30-26(16-29)27(22-11-9-20(3)10-12-22)25-15-23(13-14-24(25)28(30)31)32-18-21-7-5-4-6-8-21;/h4-15,19H,16-18,29H2,1-3H3;1H. The average molecular weight is 463 g/mol. The molecule has 0 aliphatic heterocycles. The van der Waals surface area contributed by atoms with Gasteiger partial charge < -0.3 is 15.0 Å². The molecule has 172 valence electrons. The summed E-state index contributed by atoms with van der Waals surface area (Å²) in [6.45, 7) is 7.69. The first kappa shape index (κ1) is 24.6. The van der Waals surface area contributed by atoms with Crippen LogP contribution in [0.3, 0.4) is 0 Å². The molecule has 2 N–H and O–H groups in total. The second-order valence-corrected chi connectivity index (χ2v) is 8.68. The second kappa shape index (κ2) is 10.7. The van der Waals surface area contributed by atoms with E-state index in [1.807, 2.05) is 53.1 Å². The Morgan fingerprint density at radius 3 is 2.27 bits per heavy atom. The number of hydrogen-bond acceptors (Lipinski definition) is 3. The Kier molecular flexibility index (Phi) is 7.96. The van der Waals surface area contributed by atoms with Crippen LogP contribution in [0.25, 0.3) is 21.9 Å². The van der Waals surface area contributed by atoms with Crippen LogP contribution in [0, 0.1) is 12.8 Å². The Bertz CT molecular complexity index is 1280. The number of nitrogens with zero attached hydrogens (tertiary/aromatic N) is 1. The summed E-state index contributed by atoms with van der Waals surface area (Å²) < 4.78 is 7.93. The lowest BCUT2D eigenvalue weighted by Crippen LogP contribution is -2.28. The van der Waals surface area contributed by atoms with Crippen LogP contribution in [-0.4, -0.2) is 4.57 Å². The topological polar surface area (TPSA) is 57.2 Å². The molecule has 0 aliphatic rings. The normalized spacial score (nSPS) is 10.9. The minimum Gasteiger partial charge on any atom is -0.489 e. The number of nitrogens with two attached hydrogens (primary N) is 1. The molecule has 0 fully saturated rings. The highest BCUT2D eigenvalue weighted by atomic mass is 35.5. The van der Waals surface area contributed by atoms with Crippen LogP contribution >= 0.6 is 12.4 Å². The van der Waals surface area contributed by atoms with Gasteiger partial charge in [-0.2, -0.15) is 0 Å². The van der Waals surface area contributed by atoms with E-state index in [0.29, 0.717) is 24.5 Å². The van der Waals surface area contributed by atoms with Crippen molar-refractivity contribution in [3.8, 4) is 16.9 Å². The summed E-state index contributed by atoms with van der Waals surface area (Å²) in [5.41, 5.74) is 11.4. The highest BCUT2D eigenvalue weighted by Gasteiger charge is 2.18. The van der Waals surface area contributed by atoms with Gasteiger partial charge in [0.05, 0.1) is 0 Å². The van der Waals surface area contributed by atoms with Crippen molar-refractivity contribution < 1.29 is 4.74 Å². The molecule has 0 unspecified atom stereocenters. The van der Waals surface area contributed by atoms with Gasteiger partial charge in [-0.1, -0.05) is 74.0 Å². The fraction of sp³-hybridized carbons (Fsp3) is 0.250. The molecule has 0 aliphatic carbocycles. The zero-order valence-corrected chi connectivity index (χ0v) is 20.2. The molecule has 5 heteroatoms. The smallest absolute Gasteiger partial charge is 0.258 e. The molecule has 0 saturated heterocycles. The van der Waals surface area contributed by atoms with E-state index in [-0.39, 0.29) is 24.5 Å². The van der Waals surface area contributed by atoms with Crippen LogP contribution in [0.15, 0.2) is 77.6 Å². The lowest BCUT2D eigenvalue weighted by Gasteiger charge is -2.21. The summed E-state index contributed by atoms with van der Waals surface area (Å²) in [4.78, 5) is 13.4. The zero-order chi connectivity index (χ0) is 22.7. The van der Waals surface area contributed by atoms with E-state index < -0.39 is 0 Å². The van der Waals surface area contributed by atoms with E-state index in [1.54, 1.807) is 0 Å². The Morgan fingerprint density at radius 2 is 1.64 bits per heavy atom. The minimum absolute atomic E-state index is 0. The molecule has 0 amide bonds. The number of halogens is 1. The van der Waals surface area contributed by atoms with E-state index >= 15 is 0 Å². The number of aromatic nitrogens is 1. The van der Waals surface area contributed by atoms with Crippen LogP contribution in [0.1, 0.15) is 30.7 Å². The van der Waals surface area contributed by atoms with Crippen molar-refractivity contribution in [2.75, 3.05) is 0 Å². The van der Waals surface area contributed by atoms with E-state index in [4.69, 9.17) is 10.5 Å². The molecule has 0 spiro atoms. The van der Waals surface area contributed by atoms with Gasteiger partial charge in [-0.25, -0.2) is 0 Å². The average Bonchev–Trinajstić information content (AvgIpc) is 2.80. The highest BCUT2D eigenvalue weighted by molar-refractivity contribution is 5.98. The van der Waals surface area contributed by atoms with Gasteiger partial charge in [-0.05, 0) is 42.2 Å². The van der Waals surface area contributed by atoms with Gasteiger partial charge in [0, 0.05) is 35.1 Å². The number of aryl methyl sites for hydroxylation is 1. The first-order valence-electron chi connectivity index (χ1n) is 11.1. The summed E-state index contributed by atoms with van der Waals surface area (Å²) in [6.07, 6.45) is 0. The first-order valence-corrected chi connectivity index (χ1v) is 11.1. The minimum atomic E-state index is -0.000351. The van der Waals surface area contributed by atoms with Crippen molar-refractivity contribution in [2.24, 2.45) is 11.7 Å². The monoisotopic (exact) mass is 462 g/mol. The largest absolute Gasteiger partial charge is 0.489 e. The van der Waals surface area contributed by atoms with Crippen molar-refractivity contribution in [1.29, 1.82) is 0 Å². The molecule has 33 heavy (non-hydrogen) atoms. The molecule has 0 saturated carbocycles. The zero-order valence-electron chi connectivity index (χ0n) is 19.4. The molecule has 4 nitrogen and oxygen atoms in total. The van der Waals surface area contributed by atoms with Gasteiger partial charge in [-0.3, -0.25) is 4.79 Å². The van der Waals surface area contributed by atoms with Gasteiger partial charge in [0.25, 0.3) is 5.56 Å². The van der Waals surface area contributed by atoms with Crippen LogP contribution < -0.4 is 16.0 Å². The van der Waals surface area contributed by atoms with Crippen molar-refractivity contribution >= 4 is 23.2 Å². The van der Waals surface area contributed by atoms with E-state index in [0.717, 1.165) is 33.5 Å². The van der Waals surface area contributed by atoms with Crippen molar-refractivity contribution in [2.45, 2.75) is 40.5 Å². The molecule has 1 aromatic heterocycles. The number of rotatable bonds is 7. The predicted molar refractivity (Wildman–Crippen MR) is 139 cm³/mol. The fourth-order valence-corrected chi connectivity index (χ4v) is 4.12. The lowest BCUT2D eigenvalue weighted by atomic mass is 9.95. The quantitative estimate of drug-likeness (QED) is 0.361. The number of ether oxygens (including phenoxy) is 1. The Balaban J connectivity index is 0.00000306.